The molecule has 1 aromatic rings. The van der Waals surface area contributed by atoms with Gasteiger partial charge in [-0.2, -0.15) is 0 Å². The molecule has 7 nitrogen and oxygen atoms in total. The number of methoxy groups -OCH3 is 1. The molecule has 0 radical (unpaired) electrons. The second-order valence-electron chi connectivity index (χ2n) is 7.66. The molecule has 2 aliphatic rings. The summed E-state index contributed by atoms with van der Waals surface area (Å²) in [7, 11) is 1.63. The van der Waals surface area contributed by atoms with Crippen molar-refractivity contribution in [2.75, 3.05) is 31.8 Å². The van der Waals surface area contributed by atoms with Gasteiger partial charge in [-0.1, -0.05) is 6.92 Å². The molecule has 2 heterocycles. The summed E-state index contributed by atoms with van der Waals surface area (Å²) >= 11 is 0. The average molecular weight is 377 g/mol. The molecule has 3 atom stereocenters. The molecule has 0 bridgehead atoms. The van der Waals surface area contributed by atoms with E-state index in [2.05, 4.69) is 22.1 Å². The molecule has 1 N–H and O–H groups in total. The SMILES string of the molecule is CCc1cc(C)nc(N2CCC3(NC(=O)C(C)OCCOC)CCCC23)n1. The van der Waals surface area contributed by atoms with Gasteiger partial charge in [0.15, 0.2) is 0 Å². The molecular formula is C20H32N4O3. The standard InChI is InChI=1S/C20H32N4O3/c1-5-16-13-14(2)21-19(22-16)24-10-9-20(8-6-7-17(20)24)23-18(25)15(3)27-12-11-26-4/h13,15,17H,5-12H2,1-4H3,(H,23,25). The highest BCUT2D eigenvalue weighted by Crippen LogP contribution is 2.43. The van der Waals surface area contributed by atoms with Crippen molar-refractivity contribution in [2.24, 2.45) is 0 Å². The van der Waals surface area contributed by atoms with E-state index in [9.17, 15) is 4.79 Å². The van der Waals surface area contributed by atoms with Crippen LogP contribution in [0, 0.1) is 6.92 Å². The minimum Gasteiger partial charge on any atom is -0.382 e. The quantitative estimate of drug-likeness (QED) is 0.700. The van der Waals surface area contributed by atoms with Crippen LogP contribution in [0.4, 0.5) is 5.95 Å². The van der Waals surface area contributed by atoms with Crippen LogP contribution in [0.25, 0.3) is 0 Å². The van der Waals surface area contributed by atoms with Crippen molar-refractivity contribution in [1.82, 2.24) is 15.3 Å². The molecule has 1 aromatic heterocycles. The van der Waals surface area contributed by atoms with Crippen LogP contribution in [0.15, 0.2) is 6.07 Å². The molecule has 3 rings (SSSR count). The van der Waals surface area contributed by atoms with Crippen molar-refractivity contribution in [2.45, 2.75) is 70.6 Å². The van der Waals surface area contributed by atoms with E-state index in [1.165, 1.54) is 0 Å². The number of carbonyl (C=O) groups excluding carboxylic acids is 1. The van der Waals surface area contributed by atoms with Crippen molar-refractivity contribution in [3.05, 3.63) is 17.5 Å². The second kappa shape index (κ2) is 8.52. The largest absolute Gasteiger partial charge is 0.382 e. The van der Waals surface area contributed by atoms with E-state index < -0.39 is 6.10 Å². The average Bonchev–Trinajstić information content (AvgIpc) is 3.19. The van der Waals surface area contributed by atoms with Gasteiger partial charge in [-0.25, -0.2) is 9.97 Å². The number of aromatic nitrogens is 2. The topological polar surface area (TPSA) is 76.6 Å². The predicted octanol–water partition coefficient (Wildman–Crippen LogP) is 2.02. The number of ether oxygens (including phenoxy) is 2. The first-order valence-electron chi connectivity index (χ1n) is 10.0. The Morgan fingerprint density at radius 3 is 2.96 bits per heavy atom. The Bertz CT molecular complexity index is 669. The molecule has 1 aliphatic carbocycles. The summed E-state index contributed by atoms with van der Waals surface area (Å²) in [6.07, 6.45) is 4.49. The van der Waals surface area contributed by atoms with E-state index in [4.69, 9.17) is 14.5 Å². The maximum Gasteiger partial charge on any atom is 0.249 e. The molecule has 1 amide bonds. The van der Waals surface area contributed by atoms with E-state index in [0.29, 0.717) is 13.2 Å². The van der Waals surface area contributed by atoms with Gasteiger partial charge in [0, 0.05) is 25.0 Å². The molecule has 27 heavy (non-hydrogen) atoms. The number of nitrogens with zero attached hydrogens (tertiary/aromatic N) is 3. The number of amides is 1. The fraction of sp³-hybridized carbons (Fsp3) is 0.750. The van der Waals surface area contributed by atoms with E-state index in [1.807, 2.05) is 13.0 Å². The van der Waals surface area contributed by atoms with Crippen LogP contribution in [0.2, 0.25) is 0 Å². The fourth-order valence-corrected chi connectivity index (χ4v) is 4.38. The van der Waals surface area contributed by atoms with Crippen LogP contribution in [0.3, 0.4) is 0 Å². The number of carbonyl (C=O) groups is 1. The Morgan fingerprint density at radius 2 is 2.22 bits per heavy atom. The zero-order valence-electron chi connectivity index (χ0n) is 17.0. The van der Waals surface area contributed by atoms with E-state index >= 15 is 0 Å². The van der Waals surface area contributed by atoms with Crippen molar-refractivity contribution < 1.29 is 14.3 Å². The molecule has 0 spiro atoms. The monoisotopic (exact) mass is 376 g/mol. The van der Waals surface area contributed by atoms with Crippen molar-refractivity contribution >= 4 is 11.9 Å². The highest BCUT2D eigenvalue weighted by Gasteiger charge is 2.52. The van der Waals surface area contributed by atoms with Gasteiger partial charge in [0.05, 0.1) is 24.8 Å². The Hall–Kier alpha value is -1.73. The smallest absolute Gasteiger partial charge is 0.249 e. The molecule has 1 saturated carbocycles. The van der Waals surface area contributed by atoms with Gasteiger partial charge in [-0.15, -0.1) is 0 Å². The molecule has 2 fully saturated rings. The van der Waals surface area contributed by atoms with Crippen LogP contribution in [0.5, 0.6) is 0 Å². The summed E-state index contributed by atoms with van der Waals surface area (Å²) in [6, 6.07) is 2.29. The molecule has 150 valence electrons. The van der Waals surface area contributed by atoms with Crippen LogP contribution in [-0.2, 0) is 20.7 Å². The fourth-order valence-electron chi connectivity index (χ4n) is 4.38. The summed E-state index contributed by atoms with van der Waals surface area (Å²) in [5, 5.41) is 3.32. The summed E-state index contributed by atoms with van der Waals surface area (Å²) in [5.74, 6) is 0.763. The lowest BCUT2D eigenvalue weighted by Gasteiger charge is -2.34. The van der Waals surface area contributed by atoms with Crippen LogP contribution < -0.4 is 10.2 Å². The van der Waals surface area contributed by atoms with Crippen LogP contribution in [0.1, 0.15) is 50.9 Å². The van der Waals surface area contributed by atoms with E-state index in [-0.39, 0.29) is 17.5 Å². The van der Waals surface area contributed by atoms with Gasteiger partial charge in [-0.05, 0) is 52.0 Å². The lowest BCUT2D eigenvalue weighted by atomic mass is 9.92. The molecule has 3 unspecified atom stereocenters. The van der Waals surface area contributed by atoms with Gasteiger partial charge in [0.1, 0.15) is 6.10 Å². The third-order valence-corrected chi connectivity index (χ3v) is 5.82. The van der Waals surface area contributed by atoms with Crippen molar-refractivity contribution in [1.29, 1.82) is 0 Å². The Balaban J connectivity index is 1.72. The molecule has 1 aliphatic heterocycles. The number of aryl methyl sites for hydroxylation is 2. The molecule has 0 aromatic carbocycles. The summed E-state index contributed by atoms with van der Waals surface area (Å²) < 4.78 is 10.6. The van der Waals surface area contributed by atoms with Crippen molar-refractivity contribution in [3.8, 4) is 0 Å². The zero-order chi connectivity index (χ0) is 19.4. The van der Waals surface area contributed by atoms with Gasteiger partial charge in [0.2, 0.25) is 11.9 Å². The summed E-state index contributed by atoms with van der Waals surface area (Å²) in [6.45, 7) is 7.71. The maximum absolute atomic E-state index is 12.7. The Kier molecular flexibility index (Phi) is 6.32. The predicted molar refractivity (Wildman–Crippen MR) is 104 cm³/mol. The normalized spacial score (nSPS) is 25.5. The zero-order valence-corrected chi connectivity index (χ0v) is 17.0. The number of fused-ring (bicyclic) bond motifs is 1. The van der Waals surface area contributed by atoms with E-state index in [0.717, 1.165) is 56.0 Å². The third-order valence-electron chi connectivity index (χ3n) is 5.82. The molecule has 7 heteroatoms. The maximum atomic E-state index is 12.7. The molecule has 1 saturated heterocycles. The lowest BCUT2D eigenvalue weighted by molar-refractivity contribution is -0.134. The van der Waals surface area contributed by atoms with Crippen LogP contribution >= 0.6 is 0 Å². The number of hydrogen-bond acceptors (Lipinski definition) is 6. The van der Waals surface area contributed by atoms with Gasteiger partial charge in [-0.3, -0.25) is 4.79 Å². The minimum absolute atomic E-state index is 0.0424. The minimum atomic E-state index is -0.480. The third kappa shape index (κ3) is 4.24. The molecular weight excluding hydrogens is 344 g/mol. The first-order chi connectivity index (χ1) is 13.0. The van der Waals surface area contributed by atoms with Crippen LogP contribution in [-0.4, -0.2) is 60.4 Å². The number of rotatable bonds is 8. The van der Waals surface area contributed by atoms with Gasteiger partial charge in [0.25, 0.3) is 0 Å². The first-order valence-corrected chi connectivity index (χ1v) is 10.0. The number of anilines is 1. The summed E-state index contributed by atoms with van der Waals surface area (Å²) in [5.41, 5.74) is 1.86. The number of hydrogen-bond donors (Lipinski definition) is 1. The Morgan fingerprint density at radius 1 is 1.41 bits per heavy atom. The highest BCUT2D eigenvalue weighted by atomic mass is 16.5. The lowest BCUT2D eigenvalue weighted by Crippen LogP contribution is -2.56. The van der Waals surface area contributed by atoms with Crippen molar-refractivity contribution in [3.63, 3.8) is 0 Å². The first kappa shape index (κ1) is 20.0. The number of nitrogens with one attached hydrogen (secondary N) is 1. The van der Waals surface area contributed by atoms with Gasteiger partial charge >= 0.3 is 0 Å². The van der Waals surface area contributed by atoms with Gasteiger partial charge < -0.3 is 19.7 Å². The summed E-state index contributed by atoms with van der Waals surface area (Å²) in [4.78, 5) is 24.4. The van der Waals surface area contributed by atoms with E-state index in [1.54, 1.807) is 14.0 Å². The second-order valence-corrected chi connectivity index (χ2v) is 7.66. The Labute approximate surface area is 161 Å². The highest BCUT2D eigenvalue weighted by molar-refractivity contribution is 5.81.